The molecule has 2 N–H and O–H groups in total. The van der Waals surface area contributed by atoms with Crippen molar-refractivity contribution in [3.05, 3.63) is 21.9 Å². The summed E-state index contributed by atoms with van der Waals surface area (Å²) in [6.45, 7) is 4.55. The maximum absolute atomic E-state index is 12.1. The van der Waals surface area contributed by atoms with E-state index in [4.69, 9.17) is 5.11 Å². The predicted octanol–water partition coefficient (Wildman–Crippen LogP) is 3.32. The van der Waals surface area contributed by atoms with Crippen molar-refractivity contribution in [2.45, 2.75) is 38.4 Å². The highest BCUT2D eigenvalue weighted by Crippen LogP contribution is 2.32. The van der Waals surface area contributed by atoms with Gasteiger partial charge < -0.3 is 5.11 Å². The van der Waals surface area contributed by atoms with Gasteiger partial charge in [0.25, 0.3) is 0 Å². The van der Waals surface area contributed by atoms with Gasteiger partial charge in [0.05, 0.1) is 6.54 Å². The lowest BCUT2D eigenvalue weighted by molar-refractivity contribution is -0.143. The molecule has 108 valence electrons. The number of carboxylic acid groups (broad SMARTS) is 1. The second kappa shape index (κ2) is 5.50. The molecule has 0 aliphatic rings. The summed E-state index contributed by atoms with van der Waals surface area (Å²) >= 11 is 1.22. The lowest BCUT2D eigenvalue weighted by Crippen LogP contribution is -2.35. The van der Waals surface area contributed by atoms with Crippen LogP contribution in [0.5, 0.6) is 0 Å². The van der Waals surface area contributed by atoms with Gasteiger partial charge in [0.1, 0.15) is 6.04 Å². The Morgan fingerprint density at radius 2 is 1.95 bits per heavy atom. The quantitative estimate of drug-likeness (QED) is 0.896. The van der Waals surface area contributed by atoms with Gasteiger partial charge in [-0.3, -0.25) is 10.1 Å². The highest BCUT2D eigenvalue weighted by atomic mass is 32.1. The van der Waals surface area contributed by atoms with Crippen molar-refractivity contribution in [2.24, 2.45) is 0 Å². The molecular weight excluding hydrogens is 279 g/mol. The van der Waals surface area contributed by atoms with Crippen LogP contribution in [0.2, 0.25) is 0 Å². The van der Waals surface area contributed by atoms with Gasteiger partial charge in [-0.25, -0.2) is 0 Å². The van der Waals surface area contributed by atoms with E-state index in [-0.39, 0.29) is 5.41 Å². The minimum Gasteiger partial charge on any atom is -0.480 e. The molecule has 0 aliphatic heterocycles. The first-order valence-corrected chi connectivity index (χ1v) is 6.45. The molecule has 1 atom stereocenters. The van der Waals surface area contributed by atoms with E-state index in [1.165, 1.54) is 11.3 Å². The molecule has 0 fully saturated rings. The average molecular weight is 295 g/mol. The molecule has 0 spiro atoms. The third-order valence-electron chi connectivity index (χ3n) is 2.40. The Bertz CT molecular complexity index is 449. The molecule has 0 saturated heterocycles. The molecule has 1 rings (SSSR count). The summed E-state index contributed by atoms with van der Waals surface area (Å²) in [4.78, 5) is 12.4. The van der Waals surface area contributed by atoms with E-state index in [1.807, 2.05) is 26.1 Å². The molecule has 19 heavy (non-hydrogen) atoms. The van der Waals surface area contributed by atoms with Crippen LogP contribution in [-0.4, -0.2) is 23.8 Å². The summed E-state index contributed by atoms with van der Waals surface area (Å²) in [7, 11) is 0. The molecule has 3 nitrogen and oxygen atoms in total. The van der Waals surface area contributed by atoms with Gasteiger partial charge in [0, 0.05) is 9.75 Å². The number of alkyl halides is 3. The Balaban J connectivity index is 2.88. The van der Waals surface area contributed by atoms with Crippen LogP contribution in [-0.2, 0) is 10.2 Å². The van der Waals surface area contributed by atoms with Crippen molar-refractivity contribution in [3.63, 3.8) is 0 Å². The zero-order chi connectivity index (χ0) is 14.8. The molecule has 1 aromatic heterocycles. The molecule has 0 radical (unpaired) electrons. The average Bonchev–Trinajstić information content (AvgIpc) is 2.63. The van der Waals surface area contributed by atoms with Crippen LogP contribution in [0.1, 0.15) is 36.6 Å². The number of rotatable bonds is 4. The van der Waals surface area contributed by atoms with Crippen LogP contribution in [0.15, 0.2) is 12.1 Å². The number of carbonyl (C=O) groups is 1. The van der Waals surface area contributed by atoms with Gasteiger partial charge in [-0.1, -0.05) is 20.8 Å². The van der Waals surface area contributed by atoms with Gasteiger partial charge in [0.15, 0.2) is 0 Å². The Hall–Kier alpha value is -1.08. The van der Waals surface area contributed by atoms with E-state index in [0.717, 1.165) is 4.88 Å². The third-order valence-corrected chi connectivity index (χ3v) is 3.98. The van der Waals surface area contributed by atoms with Crippen LogP contribution < -0.4 is 5.32 Å². The minimum atomic E-state index is -4.43. The maximum Gasteiger partial charge on any atom is 0.401 e. The van der Waals surface area contributed by atoms with Gasteiger partial charge in [-0.15, -0.1) is 11.3 Å². The number of thiophene rings is 1. The summed E-state index contributed by atoms with van der Waals surface area (Å²) in [6.07, 6.45) is -4.43. The highest BCUT2D eigenvalue weighted by Gasteiger charge is 2.31. The number of carboxylic acids is 1. The summed E-state index contributed by atoms with van der Waals surface area (Å²) < 4.78 is 36.4. The van der Waals surface area contributed by atoms with Crippen LogP contribution in [0.3, 0.4) is 0 Å². The van der Waals surface area contributed by atoms with Crippen molar-refractivity contribution in [3.8, 4) is 0 Å². The second-order valence-electron chi connectivity index (χ2n) is 5.22. The van der Waals surface area contributed by atoms with Crippen LogP contribution in [0, 0.1) is 0 Å². The van der Waals surface area contributed by atoms with Gasteiger partial charge in [0.2, 0.25) is 0 Å². The molecule has 0 amide bonds. The summed E-state index contributed by atoms with van der Waals surface area (Å²) in [5.41, 5.74) is -0.157. The van der Waals surface area contributed by atoms with Crippen LogP contribution >= 0.6 is 11.3 Å². The van der Waals surface area contributed by atoms with Gasteiger partial charge >= 0.3 is 12.1 Å². The smallest absolute Gasteiger partial charge is 0.401 e. The van der Waals surface area contributed by atoms with Gasteiger partial charge in [-0.05, 0) is 17.5 Å². The standard InChI is InChI=1S/C12H16F3NO2S/c1-11(2,3)8-5-4-7(19-8)9(10(17)18)16-6-12(13,14)15/h4-5,9,16H,6H2,1-3H3,(H,17,18). The molecular formula is C12H16F3NO2S. The molecule has 1 aromatic rings. The van der Waals surface area contributed by atoms with Crippen molar-refractivity contribution in [2.75, 3.05) is 6.54 Å². The highest BCUT2D eigenvalue weighted by molar-refractivity contribution is 7.12. The minimum absolute atomic E-state index is 0.157. The van der Waals surface area contributed by atoms with Gasteiger partial charge in [-0.2, -0.15) is 13.2 Å². The summed E-state index contributed by atoms with van der Waals surface area (Å²) in [6, 6.07) is 1.99. The second-order valence-corrected chi connectivity index (χ2v) is 6.33. The number of nitrogens with one attached hydrogen (secondary N) is 1. The van der Waals surface area contributed by atoms with Crippen molar-refractivity contribution in [1.82, 2.24) is 5.32 Å². The maximum atomic E-state index is 12.1. The Morgan fingerprint density at radius 3 is 2.32 bits per heavy atom. The number of aliphatic carboxylic acids is 1. The molecule has 1 heterocycles. The Kier molecular flexibility index (Phi) is 4.63. The van der Waals surface area contributed by atoms with E-state index >= 15 is 0 Å². The zero-order valence-electron chi connectivity index (χ0n) is 10.8. The summed E-state index contributed by atoms with van der Waals surface area (Å²) in [5, 5.41) is 11.0. The topological polar surface area (TPSA) is 49.3 Å². The fourth-order valence-corrected chi connectivity index (χ4v) is 2.57. The SMILES string of the molecule is CC(C)(C)c1ccc(C(NCC(F)(F)F)C(=O)O)s1. The first kappa shape index (κ1) is 16.0. The molecule has 7 heteroatoms. The third kappa shape index (κ3) is 4.83. The monoisotopic (exact) mass is 295 g/mol. The van der Waals surface area contributed by atoms with E-state index in [1.54, 1.807) is 12.1 Å². The van der Waals surface area contributed by atoms with Crippen LogP contribution in [0.4, 0.5) is 13.2 Å². The normalized spacial score (nSPS) is 14.4. The van der Waals surface area contributed by atoms with Crippen molar-refractivity contribution < 1.29 is 23.1 Å². The zero-order valence-corrected chi connectivity index (χ0v) is 11.7. The number of halogens is 3. The van der Waals surface area contributed by atoms with Crippen LogP contribution in [0.25, 0.3) is 0 Å². The number of hydrogen-bond donors (Lipinski definition) is 2. The molecule has 0 aromatic carbocycles. The molecule has 0 saturated carbocycles. The lowest BCUT2D eigenvalue weighted by atomic mass is 9.95. The van der Waals surface area contributed by atoms with Crippen molar-refractivity contribution in [1.29, 1.82) is 0 Å². The molecule has 0 aliphatic carbocycles. The van der Waals surface area contributed by atoms with E-state index in [0.29, 0.717) is 4.88 Å². The Morgan fingerprint density at radius 1 is 1.37 bits per heavy atom. The number of hydrogen-bond acceptors (Lipinski definition) is 3. The predicted molar refractivity (Wildman–Crippen MR) is 67.5 cm³/mol. The molecule has 1 unspecified atom stereocenters. The van der Waals surface area contributed by atoms with E-state index in [2.05, 4.69) is 0 Å². The first-order valence-electron chi connectivity index (χ1n) is 5.64. The Labute approximate surface area is 113 Å². The fourth-order valence-electron chi connectivity index (χ4n) is 1.44. The van der Waals surface area contributed by atoms with E-state index in [9.17, 15) is 18.0 Å². The first-order chi connectivity index (χ1) is 8.50. The largest absolute Gasteiger partial charge is 0.480 e. The lowest BCUT2D eigenvalue weighted by Gasteiger charge is -2.17. The van der Waals surface area contributed by atoms with E-state index < -0.39 is 24.7 Å². The molecule has 0 bridgehead atoms. The van der Waals surface area contributed by atoms with Crippen molar-refractivity contribution >= 4 is 17.3 Å². The summed E-state index contributed by atoms with van der Waals surface area (Å²) in [5.74, 6) is -1.31. The fraction of sp³-hybridized carbons (Fsp3) is 0.583.